The van der Waals surface area contributed by atoms with Gasteiger partial charge in [-0.1, -0.05) is 97.1 Å². The minimum absolute atomic E-state index is 0.792. The molecule has 7 aromatic carbocycles. The van der Waals surface area contributed by atoms with Crippen molar-refractivity contribution in [2.24, 2.45) is 0 Å². The van der Waals surface area contributed by atoms with Crippen molar-refractivity contribution in [2.75, 3.05) is 4.90 Å². The largest absolute Gasteiger partial charge is 0.454 e. The molecular formula is C43H28N2O. The third-order valence-electron chi connectivity index (χ3n) is 8.93. The lowest BCUT2D eigenvalue weighted by Gasteiger charge is -2.26. The van der Waals surface area contributed by atoms with Crippen LogP contribution in [0.25, 0.3) is 65.7 Å². The summed E-state index contributed by atoms with van der Waals surface area (Å²) in [6.45, 7) is 0. The Balaban J connectivity index is 1.14. The second kappa shape index (κ2) is 10.8. The second-order valence-corrected chi connectivity index (χ2v) is 11.7. The molecule has 0 N–H and O–H groups in total. The smallest absolute Gasteiger partial charge is 0.153 e. The molecule has 0 fully saturated rings. The molecule has 0 aliphatic carbocycles. The number of aromatic nitrogens is 1. The van der Waals surface area contributed by atoms with Crippen molar-refractivity contribution in [3.05, 3.63) is 170 Å². The van der Waals surface area contributed by atoms with Gasteiger partial charge in [-0.15, -0.1) is 0 Å². The van der Waals surface area contributed by atoms with Crippen LogP contribution in [0, 0.1) is 0 Å². The fraction of sp³-hybridized carbons (Fsp3) is 0. The van der Waals surface area contributed by atoms with E-state index in [-0.39, 0.29) is 0 Å². The van der Waals surface area contributed by atoms with Crippen LogP contribution in [0.1, 0.15) is 0 Å². The molecule has 0 aliphatic rings. The third kappa shape index (κ3) is 4.58. The number of benzene rings is 7. The van der Waals surface area contributed by atoms with Crippen molar-refractivity contribution in [3.8, 4) is 22.3 Å². The van der Waals surface area contributed by atoms with E-state index in [1.54, 1.807) is 6.20 Å². The van der Waals surface area contributed by atoms with Crippen LogP contribution in [0.4, 0.5) is 17.1 Å². The Kier molecular flexibility index (Phi) is 6.14. The summed E-state index contributed by atoms with van der Waals surface area (Å²) in [4.78, 5) is 6.57. The van der Waals surface area contributed by atoms with E-state index >= 15 is 0 Å². The molecule has 0 amide bonds. The van der Waals surface area contributed by atoms with Gasteiger partial charge in [-0.05, 0) is 104 Å². The standard InChI is InChI=1S/C43H28N2O/c1-3-7-33-25-35(11-9-29(33)5-1)31-13-17-37(18-14-31)45(39-21-22-42-41(27-39)40-23-24-44-28-43(40)46-42)38-19-15-32(16-20-38)36-12-10-30-6-2-4-8-34(30)26-36/h1-28H. The van der Waals surface area contributed by atoms with Gasteiger partial charge in [0.15, 0.2) is 5.58 Å². The van der Waals surface area contributed by atoms with Gasteiger partial charge in [0.2, 0.25) is 0 Å². The van der Waals surface area contributed by atoms with E-state index in [1.165, 1.54) is 43.8 Å². The van der Waals surface area contributed by atoms with Gasteiger partial charge in [-0.2, -0.15) is 0 Å². The zero-order valence-corrected chi connectivity index (χ0v) is 25.0. The highest BCUT2D eigenvalue weighted by molar-refractivity contribution is 6.06. The van der Waals surface area contributed by atoms with Crippen LogP contribution >= 0.6 is 0 Å². The minimum Gasteiger partial charge on any atom is -0.454 e. The number of fused-ring (bicyclic) bond motifs is 5. The topological polar surface area (TPSA) is 29.3 Å². The van der Waals surface area contributed by atoms with Gasteiger partial charge in [-0.25, -0.2) is 0 Å². The van der Waals surface area contributed by atoms with Crippen molar-refractivity contribution in [3.63, 3.8) is 0 Å². The SMILES string of the molecule is c1ccc2cc(-c3ccc(N(c4ccc(-c5ccc6ccccc6c5)cc4)c4ccc5oc6cnccc6c5c4)cc3)ccc2c1. The molecule has 2 heterocycles. The summed E-state index contributed by atoms with van der Waals surface area (Å²) in [5, 5.41) is 7.12. The number of nitrogens with zero attached hydrogens (tertiary/aromatic N) is 2. The van der Waals surface area contributed by atoms with E-state index < -0.39 is 0 Å². The van der Waals surface area contributed by atoms with E-state index in [1.807, 2.05) is 12.3 Å². The van der Waals surface area contributed by atoms with Crippen molar-refractivity contribution in [1.82, 2.24) is 4.98 Å². The zero-order chi connectivity index (χ0) is 30.5. The van der Waals surface area contributed by atoms with E-state index in [0.29, 0.717) is 0 Å². The molecule has 3 heteroatoms. The normalized spacial score (nSPS) is 11.5. The number of anilines is 3. The maximum atomic E-state index is 6.11. The van der Waals surface area contributed by atoms with Crippen LogP contribution in [0.3, 0.4) is 0 Å². The van der Waals surface area contributed by atoms with Crippen LogP contribution in [-0.2, 0) is 0 Å². The first-order valence-electron chi connectivity index (χ1n) is 15.5. The molecule has 46 heavy (non-hydrogen) atoms. The molecule has 9 aromatic rings. The Labute approximate surface area is 266 Å². The number of pyridine rings is 1. The van der Waals surface area contributed by atoms with Crippen molar-refractivity contribution < 1.29 is 4.42 Å². The van der Waals surface area contributed by atoms with E-state index in [9.17, 15) is 0 Å². The van der Waals surface area contributed by atoms with E-state index in [2.05, 4.69) is 162 Å². The van der Waals surface area contributed by atoms with Gasteiger partial charge < -0.3 is 9.32 Å². The number of hydrogen-bond donors (Lipinski definition) is 0. The average molecular weight is 589 g/mol. The summed E-state index contributed by atoms with van der Waals surface area (Å²) < 4.78 is 6.11. The first kappa shape index (κ1) is 26.2. The molecule has 0 atom stereocenters. The lowest BCUT2D eigenvalue weighted by molar-refractivity contribution is 0.667. The lowest BCUT2D eigenvalue weighted by Crippen LogP contribution is -2.09. The summed E-state index contributed by atoms with van der Waals surface area (Å²) in [6, 6.07) is 56.5. The highest BCUT2D eigenvalue weighted by Crippen LogP contribution is 2.40. The first-order valence-corrected chi connectivity index (χ1v) is 15.5. The molecule has 216 valence electrons. The van der Waals surface area contributed by atoms with Gasteiger partial charge in [0.05, 0.1) is 6.20 Å². The number of rotatable bonds is 5. The van der Waals surface area contributed by atoms with Crippen molar-refractivity contribution in [1.29, 1.82) is 0 Å². The zero-order valence-electron chi connectivity index (χ0n) is 25.0. The predicted octanol–water partition coefficient (Wildman–Crippen LogP) is 12.1. The van der Waals surface area contributed by atoms with Crippen molar-refractivity contribution >= 4 is 60.5 Å². The molecule has 0 saturated carbocycles. The third-order valence-corrected chi connectivity index (χ3v) is 8.93. The van der Waals surface area contributed by atoms with Gasteiger partial charge >= 0.3 is 0 Å². The first-order chi connectivity index (χ1) is 22.8. The maximum absolute atomic E-state index is 6.11. The molecule has 0 bridgehead atoms. The summed E-state index contributed by atoms with van der Waals surface area (Å²) in [6.07, 6.45) is 3.60. The molecule has 0 aliphatic heterocycles. The van der Waals surface area contributed by atoms with E-state index in [4.69, 9.17) is 4.42 Å². The van der Waals surface area contributed by atoms with Crippen LogP contribution < -0.4 is 4.90 Å². The van der Waals surface area contributed by atoms with Gasteiger partial charge in [0.1, 0.15) is 5.58 Å². The molecule has 0 spiro atoms. The average Bonchev–Trinajstić information content (AvgIpc) is 3.50. The van der Waals surface area contributed by atoms with Crippen LogP contribution in [0.5, 0.6) is 0 Å². The summed E-state index contributed by atoms with van der Waals surface area (Å²) >= 11 is 0. The highest BCUT2D eigenvalue weighted by Gasteiger charge is 2.16. The quantitative estimate of drug-likeness (QED) is 0.200. The number of furan rings is 1. The van der Waals surface area contributed by atoms with Crippen molar-refractivity contribution in [2.45, 2.75) is 0 Å². The molecule has 0 unspecified atom stereocenters. The van der Waals surface area contributed by atoms with Gasteiger partial charge in [-0.3, -0.25) is 4.98 Å². The fourth-order valence-corrected chi connectivity index (χ4v) is 6.55. The summed E-state index contributed by atoms with van der Waals surface area (Å²) in [5.41, 5.74) is 9.64. The Morgan fingerprint density at radius 2 is 0.913 bits per heavy atom. The Morgan fingerprint density at radius 3 is 1.50 bits per heavy atom. The number of hydrogen-bond acceptors (Lipinski definition) is 3. The fourth-order valence-electron chi connectivity index (χ4n) is 6.55. The Morgan fingerprint density at radius 1 is 0.391 bits per heavy atom. The Bertz CT molecular complexity index is 2410. The van der Waals surface area contributed by atoms with Crippen LogP contribution in [0.2, 0.25) is 0 Å². The molecule has 0 radical (unpaired) electrons. The molecule has 0 saturated heterocycles. The Hall–Kier alpha value is -6.19. The van der Waals surface area contributed by atoms with Gasteiger partial charge in [0.25, 0.3) is 0 Å². The summed E-state index contributed by atoms with van der Waals surface area (Å²) in [7, 11) is 0. The lowest BCUT2D eigenvalue weighted by atomic mass is 10.00. The second-order valence-electron chi connectivity index (χ2n) is 11.7. The molecule has 2 aromatic heterocycles. The predicted molar refractivity (Wildman–Crippen MR) is 192 cm³/mol. The monoisotopic (exact) mass is 588 g/mol. The minimum atomic E-state index is 0.792. The highest BCUT2D eigenvalue weighted by atomic mass is 16.3. The molecule has 9 rings (SSSR count). The molecular weight excluding hydrogens is 560 g/mol. The molecule has 3 nitrogen and oxygen atoms in total. The van der Waals surface area contributed by atoms with E-state index in [0.717, 1.165) is 39.0 Å². The van der Waals surface area contributed by atoms with Gasteiger partial charge in [0, 0.05) is 34.0 Å². The summed E-state index contributed by atoms with van der Waals surface area (Å²) in [5.74, 6) is 0. The van der Waals surface area contributed by atoms with Crippen LogP contribution in [0.15, 0.2) is 175 Å². The maximum Gasteiger partial charge on any atom is 0.153 e. The van der Waals surface area contributed by atoms with Crippen LogP contribution in [-0.4, -0.2) is 4.98 Å².